The number of para-hydroxylation sites is 1. The molecule has 0 radical (unpaired) electrons. The smallest absolute Gasteiger partial charge is 0.164 e. The van der Waals surface area contributed by atoms with Gasteiger partial charge in [-0.3, -0.25) is 0 Å². The predicted molar refractivity (Wildman–Crippen MR) is 93.0 cm³/mol. The van der Waals surface area contributed by atoms with Crippen LogP contribution in [-0.2, 0) is 6.42 Å². The Hall–Kier alpha value is -1.91. The Bertz CT molecular complexity index is 661. The lowest BCUT2D eigenvalue weighted by molar-refractivity contribution is 0.350. The molecule has 0 saturated heterocycles. The molecule has 2 aromatic carbocycles. The van der Waals surface area contributed by atoms with Crippen LogP contribution in [0.4, 0.5) is 0 Å². The van der Waals surface area contributed by atoms with Crippen LogP contribution in [0.3, 0.4) is 0 Å². The Morgan fingerprint density at radius 2 is 1.70 bits per heavy atom. The molecule has 1 atom stereocenters. The van der Waals surface area contributed by atoms with Crippen molar-refractivity contribution in [1.82, 2.24) is 0 Å². The molecule has 0 bridgehead atoms. The van der Waals surface area contributed by atoms with E-state index in [0.29, 0.717) is 29.5 Å². The van der Waals surface area contributed by atoms with Gasteiger partial charge in [-0.1, -0.05) is 29.8 Å². The highest BCUT2D eigenvalue weighted by molar-refractivity contribution is 6.30. The molecule has 23 heavy (non-hydrogen) atoms. The summed E-state index contributed by atoms with van der Waals surface area (Å²) in [6, 6.07) is 11.5. The van der Waals surface area contributed by atoms with Gasteiger partial charge < -0.3 is 19.9 Å². The molecule has 0 spiro atoms. The van der Waals surface area contributed by atoms with Crippen molar-refractivity contribution >= 4 is 11.6 Å². The third kappa shape index (κ3) is 3.89. The maximum Gasteiger partial charge on any atom is 0.164 e. The first-order chi connectivity index (χ1) is 11.1. The third-order valence-corrected chi connectivity index (χ3v) is 4.07. The molecule has 0 aliphatic carbocycles. The molecule has 0 aliphatic rings. The van der Waals surface area contributed by atoms with Gasteiger partial charge in [-0.15, -0.1) is 0 Å². The number of rotatable bonds is 7. The molecule has 2 N–H and O–H groups in total. The maximum absolute atomic E-state index is 6.20. The van der Waals surface area contributed by atoms with E-state index in [-0.39, 0.29) is 5.92 Å². The Morgan fingerprint density at radius 3 is 2.30 bits per heavy atom. The summed E-state index contributed by atoms with van der Waals surface area (Å²) < 4.78 is 16.3. The molecule has 2 rings (SSSR count). The second-order valence-electron chi connectivity index (χ2n) is 5.18. The molecule has 5 heteroatoms. The lowest BCUT2D eigenvalue weighted by Crippen LogP contribution is -2.16. The van der Waals surface area contributed by atoms with Crippen molar-refractivity contribution in [2.45, 2.75) is 12.3 Å². The van der Waals surface area contributed by atoms with Crippen LogP contribution in [0.5, 0.6) is 17.2 Å². The van der Waals surface area contributed by atoms with E-state index < -0.39 is 0 Å². The molecule has 0 aliphatic heterocycles. The summed E-state index contributed by atoms with van der Waals surface area (Å²) in [7, 11) is 4.88. The van der Waals surface area contributed by atoms with Crippen LogP contribution >= 0.6 is 11.6 Å². The minimum absolute atomic E-state index is 0.0863. The van der Waals surface area contributed by atoms with E-state index >= 15 is 0 Å². The van der Waals surface area contributed by atoms with Crippen molar-refractivity contribution in [2.75, 3.05) is 27.9 Å². The average molecular weight is 336 g/mol. The summed E-state index contributed by atoms with van der Waals surface area (Å²) in [5.74, 6) is 2.22. The van der Waals surface area contributed by atoms with Crippen LogP contribution in [0.25, 0.3) is 0 Å². The number of methoxy groups -OCH3 is 3. The lowest BCUT2D eigenvalue weighted by Gasteiger charge is -2.20. The summed E-state index contributed by atoms with van der Waals surface area (Å²) in [6.07, 6.45) is 0.678. The average Bonchev–Trinajstić information content (AvgIpc) is 2.58. The first-order valence-corrected chi connectivity index (χ1v) is 7.75. The number of benzene rings is 2. The van der Waals surface area contributed by atoms with Crippen molar-refractivity contribution in [3.63, 3.8) is 0 Å². The van der Waals surface area contributed by atoms with Gasteiger partial charge in [0.05, 0.1) is 21.3 Å². The predicted octanol–water partition coefficient (Wildman–Crippen LogP) is 3.65. The number of ether oxygens (including phenoxy) is 3. The van der Waals surface area contributed by atoms with Crippen molar-refractivity contribution < 1.29 is 14.2 Å². The molecule has 0 heterocycles. The van der Waals surface area contributed by atoms with E-state index in [1.807, 2.05) is 30.3 Å². The van der Waals surface area contributed by atoms with E-state index in [1.54, 1.807) is 27.4 Å². The molecule has 0 saturated carbocycles. The SMILES string of the molecule is COc1ccccc1C(CN)Cc1cc(Cl)cc(OC)c1OC. The van der Waals surface area contributed by atoms with Gasteiger partial charge >= 0.3 is 0 Å². The third-order valence-electron chi connectivity index (χ3n) is 3.85. The topological polar surface area (TPSA) is 53.7 Å². The van der Waals surface area contributed by atoms with Crippen molar-refractivity contribution in [1.29, 1.82) is 0 Å². The van der Waals surface area contributed by atoms with Crippen molar-refractivity contribution in [2.24, 2.45) is 5.73 Å². The molecule has 0 aromatic heterocycles. The summed E-state index contributed by atoms with van der Waals surface area (Å²) in [4.78, 5) is 0. The Morgan fingerprint density at radius 1 is 1.00 bits per heavy atom. The van der Waals surface area contributed by atoms with Crippen LogP contribution in [0.1, 0.15) is 17.0 Å². The molecular formula is C18H22ClNO3. The summed E-state index contributed by atoms with van der Waals surface area (Å²) in [5, 5.41) is 0.605. The minimum Gasteiger partial charge on any atom is -0.496 e. The van der Waals surface area contributed by atoms with Gasteiger partial charge in [0.15, 0.2) is 11.5 Å². The monoisotopic (exact) mass is 335 g/mol. The molecule has 124 valence electrons. The normalized spacial score (nSPS) is 11.9. The van der Waals surface area contributed by atoms with Gasteiger partial charge in [0.2, 0.25) is 0 Å². The summed E-state index contributed by atoms with van der Waals surface area (Å²) in [5.41, 5.74) is 8.04. The fraction of sp³-hybridized carbons (Fsp3) is 0.333. The fourth-order valence-corrected chi connectivity index (χ4v) is 2.98. The standard InChI is InChI=1S/C18H22ClNO3/c1-21-16-7-5-4-6-15(16)13(11-20)8-12-9-14(19)10-17(22-2)18(12)23-3/h4-7,9-10,13H,8,11,20H2,1-3H3. The van der Waals surface area contributed by atoms with Crippen LogP contribution in [0, 0.1) is 0 Å². The van der Waals surface area contributed by atoms with Gasteiger partial charge in [-0.05, 0) is 30.7 Å². The first-order valence-electron chi connectivity index (χ1n) is 7.38. The number of halogens is 1. The van der Waals surface area contributed by atoms with Gasteiger partial charge in [0.1, 0.15) is 5.75 Å². The zero-order valence-electron chi connectivity index (χ0n) is 13.6. The van der Waals surface area contributed by atoms with Gasteiger partial charge in [-0.25, -0.2) is 0 Å². The number of hydrogen-bond donors (Lipinski definition) is 1. The molecule has 0 amide bonds. The molecule has 2 aromatic rings. The minimum atomic E-state index is 0.0863. The second-order valence-corrected chi connectivity index (χ2v) is 5.62. The Kier molecular flexibility index (Phi) is 6.13. The molecule has 0 fully saturated rings. The van der Waals surface area contributed by atoms with Crippen molar-refractivity contribution in [3.05, 3.63) is 52.5 Å². The first kappa shape index (κ1) is 17.4. The van der Waals surface area contributed by atoms with Crippen molar-refractivity contribution in [3.8, 4) is 17.2 Å². The number of hydrogen-bond acceptors (Lipinski definition) is 4. The van der Waals surface area contributed by atoms with Gasteiger partial charge in [0, 0.05) is 22.6 Å². The largest absolute Gasteiger partial charge is 0.496 e. The van der Waals surface area contributed by atoms with Gasteiger partial charge in [0.25, 0.3) is 0 Å². The number of nitrogens with two attached hydrogens (primary N) is 1. The molecule has 4 nitrogen and oxygen atoms in total. The fourth-order valence-electron chi connectivity index (χ4n) is 2.75. The van der Waals surface area contributed by atoms with E-state index in [0.717, 1.165) is 16.9 Å². The Balaban J connectivity index is 2.41. The summed E-state index contributed by atoms with van der Waals surface area (Å²) >= 11 is 6.20. The lowest BCUT2D eigenvalue weighted by atomic mass is 9.91. The van der Waals surface area contributed by atoms with E-state index in [4.69, 9.17) is 31.5 Å². The van der Waals surface area contributed by atoms with E-state index in [1.165, 1.54) is 0 Å². The molecule has 1 unspecified atom stereocenters. The summed E-state index contributed by atoms with van der Waals surface area (Å²) in [6.45, 7) is 0.484. The highest BCUT2D eigenvalue weighted by Crippen LogP contribution is 2.38. The maximum atomic E-state index is 6.20. The van der Waals surface area contributed by atoms with Crippen LogP contribution in [0.2, 0.25) is 5.02 Å². The zero-order valence-corrected chi connectivity index (χ0v) is 14.4. The Labute approximate surface area is 142 Å². The highest BCUT2D eigenvalue weighted by Gasteiger charge is 2.19. The van der Waals surface area contributed by atoms with E-state index in [2.05, 4.69) is 0 Å². The zero-order chi connectivity index (χ0) is 16.8. The van der Waals surface area contributed by atoms with Gasteiger partial charge in [-0.2, -0.15) is 0 Å². The quantitative estimate of drug-likeness (QED) is 0.839. The van der Waals surface area contributed by atoms with Crippen LogP contribution in [-0.4, -0.2) is 27.9 Å². The molecular weight excluding hydrogens is 314 g/mol. The van der Waals surface area contributed by atoms with E-state index in [9.17, 15) is 0 Å². The second kappa shape index (κ2) is 8.09. The highest BCUT2D eigenvalue weighted by atomic mass is 35.5. The van der Waals surface area contributed by atoms with Crippen LogP contribution in [0.15, 0.2) is 36.4 Å². The van der Waals surface area contributed by atoms with Crippen LogP contribution < -0.4 is 19.9 Å².